The number of aromatic nitrogens is 3. The smallest absolute Gasteiger partial charge is 0.233 e. The summed E-state index contributed by atoms with van der Waals surface area (Å²) in [5.41, 5.74) is 0.569. The van der Waals surface area contributed by atoms with Crippen molar-refractivity contribution in [1.29, 1.82) is 0 Å². The van der Waals surface area contributed by atoms with Crippen molar-refractivity contribution in [3.05, 3.63) is 32.9 Å². The molecular weight excluding hydrogens is 371 g/mol. The summed E-state index contributed by atoms with van der Waals surface area (Å²) >= 11 is 7.65. The quantitative estimate of drug-likeness (QED) is 0.803. The first kappa shape index (κ1) is 13.2. The number of halogens is 3. The summed E-state index contributed by atoms with van der Waals surface area (Å²) < 4.78 is 13.8. The SMILES string of the molecule is CNc1nc(Cl)nc(Nc2cccc(F)c2I)n1. The van der Waals surface area contributed by atoms with Crippen LogP contribution in [0.4, 0.5) is 22.0 Å². The molecule has 1 aromatic carbocycles. The highest BCUT2D eigenvalue weighted by atomic mass is 127. The Labute approximate surface area is 121 Å². The lowest BCUT2D eigenvalue weighted by Crippen LogP contribution is -2.04. The van der Waals surface area contributed by atoms with Gasteiger partial charge in [0.1, 0.15) is 5.82 Å². The van der Waals surface area contributed by atoms with Gasteiger partial charge in [0.05, 0.1) is 9.26 Å². The summed E-state index contributed by atoms with van der Waals surface area (Å²) in [5, 5.41) is 5.71. The molecule has 18 heavy (non-hydrogen) atoms. The summed E-state index contributed by atoms with van der Waals surface area (Å²) in [6.45, 7) is 0. The second kappa shape index (κ2) is 5.61. The van der Waals surface area contributed by atoms with Gasteiger partial charge in [-0.3, -0.25) is 0 Å². The highest BCUT2D eigenvalue weighted by Gasteiger charge is 2.08. The first-order valence-electron chi connectivity index (χ1n) is 4.90. The van der Waals surface area contributed by atoms with Gasteiger partial charge in [-0.05, 0) is 46.3 Å². The second-order valence-electron chi connectivity index (χ2n) is 3.23. The van der Waals surface area contributed by atoms with E-state index in [4.69, 9.17) is 11.6 Å². The first-order valence-corrected chi connectivity index (χ1v) is 6.36. The van der Waals surface area contributed by atoms with E-state index in [0.717, 1.165) is 0 Å². The van der Waals surface area contributed by atoms with Gasteiger partial charge in [0.15, 0.2) is 0 Å². The highest BCUT2D eigenvalue weighted by molar-refractivity contribution is 14.1. The van der Waals surface area contributed by atoms with Crippen molar-refractivity contribution in [2.75, 3.05) is 17.7 Å². The van der Waals surface area contributed by atoms with E-state index in [1.165, 1.54) is 6.07 Å². The van der Waals surface area contributed by atoms with E-state index in [1.54, 1.807) is 19.2 Å². The Morgan fingerprint density at radius 2 is 1.94 bits per heavy atom. The van der Waals surface area contributed by atoms with E-state index in [2.05, 4.69) is 25.6 Å². The second-order valence-corrected chi connectivity index (χ2v) is 4.64. The van der Waals surface area contributed by atoms with Crippen LogP contribution in [0.2, 0.25) is 5.28 Å². The molecule has 1 heterocycles. The molecule has 0 saturated heterocycles. The number of rotatable bonds is 3. The van der Waals surface area contributed by atoms with Gasteiger partial charge in [-0.2, -0.15) is 15.0 Å². The Balaban J connectivity index is 2.34. The molecule has 0 atom stereocenters. The lowest BCUT2D eigenvalue weighted by Gasteiger charge is -2.08. The number of benzene rings is 1. The van der Waals surface area contributed by atoms with Crippen LogP contribution in [-0.4, -0.2) is 22.0 Å². The fourth-order valence-corrected chi connectivity index (χ4v) is 1.89. The molecule has 0 radical (unpaired) electrons. The van der Waals surface area contributed by atoms with Gasteiger partial charge < -0.3 is 10.6 Å². The zero-order valence-electron chi connectivity index (χ0n) is 9.21. The molecule has 0 spiro atoms. The summed E-state index contributed by atoms with van der Waals surface area (Å²) in [6.07, 6.45) is 0. The third-order valence-corrected chi connectivity index (χ3v) is 3.30. The summed E-state index contributed by atoms with van der Waals surface area (Å²) in [5.74, 6) is 0.279. The minimum absolute atomic E-state index is 0.0586. The number of hydrogen-bond acceptors (Lipinski definition) is 5. The maximum Gasteiger partial charge on any atom is 0.233 e. The topological polar surface area (TPSA) is 62.7 Å². The number of nitrogens with zero attached hydrogens (tertiary/aromatic N) is 3. The molecule has 0 unspecified atom stereocenters. The van der Waals surface area contributed by atoms with Crippen molar-refractivity contribution >= 4 is 51.8 Å². The molecule has 1 aromatic heterocycles. The van der Waals surface area contributed by atoms with Crippen LogP contribution in [-0.2, 0) is 0 Å². The predicted molar refractivity (Wildman–Crippen MR) is 76.8 cm³/mol. The molecule has 0 aliphatic carbocycles. The molecule has 2 aromatic rings. The van der Waals surface area contributed by atoms with Crippen molar-refractivity contribution in [3.63, 3.8) is 0 Å². The minimum Gasteiger partial charge on any atom is -0.357 e. The summed E-state index contributed by atoms with van der Waals surface area (Å²) in [7, 11) is 1.67. The average Bonchev–Trinajstić information content (AvgIpc) is 2.34. The van der Waals surface area contributed by atoms with Gasteiger partial charge in [-0.25, -0.2) is 4.39 Å². The lowest BCUT2D eigenvalue weighted by atomic mass is 10.3. The van der Waals surface area contributed by atoms with Gasteiger partial charge in [0.2, 0.25) is 17.2 Å². The van der Waals surface area contributed by atoms with Crippen LogP contribution < -0.4 is 10.6 Å². The zero-order valence-corrected chi connectivity index (χ0v) is 12.1. The molecule has 0 bridgehead atoms. The highest BCUT2D eigenvalue weighted by Crippen LogP contribution is 2.23. The van der Waals surface area contributed by atoms with Crippen LogP contribution in [0.1, 0.15) is 0 Å². The fourth-order valence-electron chi connectivity index (χ4n) is 1.24. The van der Waals surface area contributed by atoms with Crippen molar-refractivity contribution in [2.45, 2.75) is 0 Å². The average molecular weight is 380 g/mol. The van der Waals surface area contributed by atoms with E-state index in [-0.39, 0.29) is 17.0 Å². The molecule has 0 aliphatic rings. The Morgan fingerprint density at radius 3 is 2.67 bits per heavy atom. The van der Waals surface area contributed by atoms with Crippen molar-refractivity contribution in [1.82, 2.24) is 15.0 Å². The van der Waals surface area contributed by atoms with Crippen LogP contribution in [0, 0.1) is 9.39 Å². The molecule has 94 valence electrons. The van der Waals surface area contributed by atoms with Gasteiger partial charge in [0, 0.05) is 7.05 Å². The predicted octanol–water partition coefficient (Wildman–Crippen LogP) is 3.05. The molecule has 0 amide bonds. The Morgan fingerprint density at radius 1 is 1.22 bits per heavy atom. The van der Waals surface area contributed by atoms with Crippen molar-refractivity contribution in [3.8, 4) is 0 Å². The maximum atomic E-state index is 13.4. The summed E-state index contributed by atoms with van der Waals surface area (Å²) in [4.78, 5) is 11.8. The summed E-state index contributed by atoms with van der Waals surface area (Å²) in [6, 6.07) is 4.70. The van der Waals surface area contributed by atoms with E-state index in [0.29, 0.717) is 15.2 Å². The van der Waals surface area contributed by atoms with Crippen molar-refractivity contribution < 1.29 is 4.39 Å². The van der Waals surface area contributed by atoms with E-state index < -0.39 is 0 Å². The Hall–Kier alpha value is -1.22. The van der Waals surface area contributed by atoms with E-state index in [1.807, 2.05) is 22.6 Å². The molecule has 0 saturated carbocycles. The normalized spacial score (nSPS) is 10.2. The van der Waals surface area contributed by atoms with Crippen LogP contribution in [0.3, 0.4) is 0 Å². The van der Waals surface area contributed by atoms with Crippen LogP contribution in [0.5, 0.6) is 0 Å². The lowest BCUT2D eigenvalue weighted by molar-refractivity contribution is 0.621. The molecule has 0 fully saturated rings. The number of hydrogen-bond donors (Lipinski definition) is 2. The van der Waals surface area contributed by atoms with Gasteiger partial charge >= 0.3 is 0 Å². The fraction of sp³-hybridized carbons (Fsp3) is 0.100. The molecular formula is C10H8ClFIN5. The Kier molecular flexibility index (Phi) is 4.12. The van der Waals surface area contributed by atoms with Crippen molar-refractivity contribution in [2.24, 2.45) is 0 Å². The van der Waals surface area contributed by atoms with E-state index >= 15 is 0 Å². The first-order chi connectivity index (χ1) is 8.60. The number of nitrogens with one attached hydrogen (secondary N) is 2. The third kappa shape index (κ3) is 2.96. The largest absolute Gasteiger partial charge is 0.357 e. The third-order valence-electron chi connectivity index (χ3n) is 2.03. The standard InChI is InChI=1S/C10H8ClFIN5/c1-14-9-16-8(11)17-10(18-9)15-6-4-2-3-5(12)7(6)13/h2-4H,1H3,(H2,14,15,16,17,18). The van der Waals surface area contributed by atoms with E-state index in [9.17, 15) is 4.39 Å². The Bertz CT molecular complexity index is 580. The molecule has 2 rings (SSSR count). The zero-order chi connectivity index (χ0) is 13.1. The molecule has 5 nitrogen and oxygen atoms in total. The minimum atomic E-state index is -0.311. The van der Waals surface area contributed by atoms with Gasteiger partial charge in [-0.15, -0.1) is 0 Å². The molecule has 0 aliphatic heterocycles. The maximum absolute atomic E-state index is 13.4. The van der Waals surface area contributed by atoms with Crippen LogP contribution in [0.15, 0.2) is 18.2 Å². The van der Waals surface area contributed by atoms with Gasteiger partial charge in [-0.1, -0.05) is 6.07 Å². The van der Waals surface area contributed by atoms with Crippen LogP contribution >= 0.6 is 34.2 Å². The van der Waals surface area contributed by atoms with Crippen LogP contribution in [0.25, 0.3) is 0 Å². The number of anilines is 3. The monoisotopic (exact) mass is 379 g/mol. The molecule has 8 heteroatoms. The van der Waals surface area contributed by atoms with Gasteiger partial charge in [0.25, 0.3) is 0 Å². The molecule has 2 N–H and O–H groups in total.